The summed E-state index contributed by atoms with van der Waals surface area (Å²) in [4.78, 5) is 2.17. The maximum Gasteiger partial charge on any atom is 0.257 e. The molecule has 0 amide bonds. The molecule has 1 spiro atoms. The Kier molecular flexibility index (Phi) is 2.75. The zero-order valence-electron chi connectivity index (χ0n) is 9.52. The Labute approximate surface area is 90.0 Å². The van der Waals surface area contributed by atoms with Gasteiger partial charge in [-0.15, -0.1) is 0 Å². The smallest absolute Gasteiger partial charge is 0.257 e. The standard InChI is InChI=1S/C11H20F2N2/c1-9(2)15-6-4-10(8-15)7-14-5-3-11(10,12)13/h9,14H,3-8H2,1-2H3/t10-/m1/s1. The highest BCUT2D eigenvalue weighted by atomic mass is 19.3. The number of hydrogen-bond acceptors (Lipinski definition) is 2. The largest absolute Gasteiger partial charge is 0.316 e. The third-order valence-corrected chi connectivity index (χ3v) is 3.97. The first-order chi connectivity index (χ1) is 6.97. The second-order valence-corrected chi connectivity index (χ2v) is 5.23. The lowest BCUT2D eigenvalue weighted by Gasteiger charge is -2.41. The van der Waals surface area contributed by atoms with Crippen LogP contribution in [0.15, 0.2) is 0 Å². The van der Waals surface area contributed by atoms with Gasteiger partial charge in [0.1, 0.15) is 0 Å². The van der Waals surface area contributed by atoms with Crippen LogP contribution in [0.5, 0.6) is 0 Å². The lowest BCUT2D eigenvalue weighted by molar-refractivity contribution is -0.136. The second kappa shape index (κ2) is 3.67. The summed E-state index contributed by atoms with van der Waals surface area (Å²) in [6.45, 7) is 6.44. The van der Waals surface area contributed by atoms with E-state index < -0.39 is 11.3 Å². The van der Waals surface area contributed by atoms with E-state index in [1.807, 2.05) is 0 Å². The molecule has 0 bridgehead atoms. The maximum atomic E-state index is 13.9. The van der Waals surface area contributed by atoms with Crippen molar-refractivity contribution < 1.29 is 8.78 Å². The van der Waals surface area contributed by atoms with E-state index >= 15 is 0 Å². The van der Waals surface area contributed by atoms with Gasteiger partial charge in [0.05, 0.1) is 5.41 Å². The van der Waals surface area contributed by atoms with Gasteiger partial charge in [-0.05, 0) is 26.8 Å². The summed E-state index contributed by atoms with van der Waals surface area (Å²) in [5.41, 5.74) is -0.796. The summed E-state index contributed by atoms with van der Waals surface area (Å²) in [5, 5.41) is 3.13. The van der Waals surface area contributed by atoms with Crippen molar-refractivity contribution in [2.45, 2.75) is 38.7 Å². The number of halogens is 2. The molecule has 1 N–H and O–H groups in total. The Hall–Kier alpha value is -0.220. The zero-order chi connectivity index (χ0) is 11.1. The fraction of sp³-hybridized carbons (Fsp3) is 1.00. The van der Waals surface area contributed by atoms with Gasteiger partial charge in [-0.3, -0.25) is 0 Å². The minimum absolute atomic E-state index is 0.00106. The third-order valence-electron chi connectivity index (χ3n) is 3.97. The van der Waals surface area contributed by atoms with E-state index in [4.69, 9.17) is 0 Å². The SMILES string of the molecule is CC(C)N1CC[C@@]2(CNCCC2(F)F)C1. The number of rotatable bonds is 1. The van der Waals surface area contributed by atoms with E-state index in [9.17, 15) is 8.78 Å². The van der Waals surface area contributed by atoms with Gasteiger partial charge >= 0.3 is 0 Å². The van der Waals surface area contributed by atoms with E-state index in [1.165, 1.54) is 0 Å². The number of nitrogens with one attached hydrogen (secondary N) is 1. The molecule has 0 aliphatic carbocycles. The van der Waals surface area contributed by atoms with Crippen LogP contribution >= 0.6 is 0 Å². The molecular weight excluding hydrogens is 198 g/mol. The molecule has 15 heavy (non-hydrogen) atoms. The first kappa shape index (κ1) is 11.3. The minimum atomic E-state index is -2.48. The fourth-order valence-electron chi connectivity index (χ4n) is 2.76. The lowest BCUT2D eigenvalue weighted by Crippen LogP contribution is -2.55. The highest BCUT2D eigenvalue weighted by molar-refractivity contribution is 5.03. The first-order valence-corrected chi connectivity index (χ1v) is 5.79. The predicted molar refractivity (Wildman–Crippen MR) is 56.2 cm³/mol. The highest BCUT2D eigenvalue weighted by Gasteiger charge is 2.57. The van der Waals surface area contributed by atoms with Crippen LogP contribution in [0.2, 0.25) is 0 Å². The van der Waals surface area contributed by atoms with E-state index in [0.29, 0.717) is 32.1 Å². The van der Waals surface area contributed by atoms with Crippen molar-refractivity contribution in [3.63, 3.8) is 0 Å². The van der Waals surface area contributed by atoms with Crippen LogP contribution in [0, 0.1) is 5.41 Å². The number of piperidine rings is 1. The Balaban J connectivity index is 2.13. The van der Waals surface area contributed by atoms with E-state index in [-0.39, 0.29) is 6.42 Å². The molecule has 0 radical (unpaired) electrons. The van der Waals surface area contributed by atoms with Gasteiger partial charge in [-0.2, -0.15) is 0 Å². The number of likely N-dealkylation sites (tertiary alicyclic amines) is 1. The molecule has 1 atom stereocenters. The molecule has 0 unspecified atom stereocenters. The topological polar surface area (TPSA) is 15.3 Å². The normalized spacial score (nSPS) is 36.6. The molecule has 0 aromatic carbocycles. The quantitative estimate of drug-likeness (QED) is 0.721. The van der Waals surface area contributed by atoms with Crippen LogP contribution in [0.4, 0.5) is 8.78 Å². The van der Waals surface area contributed by atoms with Crippen LogP contribution in [0.25, 0.3) is 0 Å². The van der Waals surface area contributed by atoms with Gasteiger partial charge < -0.3 is 10.2 Å². The molecule has 2 heterocycles. The Morgan fingerprint density at radius 3 is 2.53 bits per heavy atom. The minimum Gasteiger partial charge on any atom is -0.316 e. The van der Waals surface area contributed by atoms with Crippen molar-refractivity contribution in [2.75, 3.05) is 26.2 Å². The molecular formula is C11H20F2N2. The Morgan fingerprint density at radius 1 is 1.27 bits per heavy atom. The molecule has 2 aliphatic rings. The molecule has 88 valence electrons. The maximum absolute atomic E-state index is 13.9. The lowest BCUT2D eigenvalue weighted by atomic mass is 9.76. The van der Waals surface area contributed by atoms with Crippen LogP contribution < -0.4 is 5.32 Å². The Morgan fingerprint density at radius 2 is 2.00 bits per heavy atom. The van der Waals surface area contributed by atoms with Gasteiger partial charge in [0, 0.05) is 32.1 Å². The van der Waals surface area contributed by atoms with Crippen LogP contribution in [0.1, 0.15) is 26.7 Å². The van der Waals surface area contributed by atoms with Gasteiger partial charge in [-0.25, -0.2) is 8.78 Å². The van der Waals surface area contributed by atoms with E-state index in [0.717, 1.165) is 6.54 Å². The predicted octanol–water partition coefficient (Wildman–Crippen LogP) is 1.72. The third kappa shape index (κ3) is 1.78. The number of hydrogen-bond donors (Lipinski definition) is 1. The van der Waals surface area contributed by atoms with Crippen LogP contribution in [0.3, 0.4) is 0 Å². The molecule has 0 aromatic heterocycles. The van der Waals surface area contributed by atoms with Crippen LogP contribution in [-0.4, -0.2) is 43.0 Å². The van der Waals surface area contributed by atoms with Gasteiger partial charge in [0.2, 0.25) is 0 Å². The second-order valence-electron chi connectivity index (χ2n) is 5.23. The zero-order valence-corrected chi connectivity index (χ0v) is 9.52. The molecule has 2 rings (SSSR count). The molecule has 2 saturated heterocycles. The molecule has 0 saturated carbocycles. The molecule has 2 fully saturated rings. The van der Waals surface area contributed by atoms with E-state index in [2.05, 4.69) is 24.1 Å². The number of alkyl halides is 2. The van der Waals surface area contributed by atoms with Crippen molar-refractivity contribution in [3.8, 4) is 0 Å². The van der Waals surface area contributed by atoms with Crippen molar-refractivity contribution in [1.29, 1.82) is 0 Å². The van der Waals surface area contributed by atoms with Gasteiger partial charge in [-0.1, -0.05) is 0 Å². The van der Waals surface area contributed by atoms with Crippen molar-refractivity contribution in [1.82, 2.24) is 10.2 Å². The van der Waals surface area contributed by atoms with Crippen LogP contribution in [-0.2, 0) is 0 Å². The Bertz CT molecular complexity index is 243. The summed E-state index contributed by atoms with van der Waals surface area (Å²) in [6.07, 6.45) is 0.629. The molecule has 2 aliphatic heterocycles. The average Bonchev–Trinajstić information content (AvgIpc) is 2.57. The summed E-state index contributed by atoms with van der Waals surface area (Å²) in [6, 6.07) is 0.377. The van der Waals surface area contributed by atoms with Crippen molar-refractivity contribution in [2.24, 2.45) is 5.41 Å². The summed E-state index contributed by atoms with van der Waals surface area (Å²) in [5.74, 6) is -2.48. The average molecular weight is 218 g/mol. The van der Waals surface area contributed by atoms with E-state index in [1.54, 1.807) is 0 Å². The highest BCUT2D eigenvalue weighted by Crippen LogP contribution is 2.47. The molecule has 4 heteroatoms. The first-order valence-electron chi connectivity index (χ1n) is 5.79. The molecule has 2 nitrogen and oxygen atoms in total. The summed E-state index contributed by atoms with van der Waals surface area (Å²) < 4.78 is 27.9. The van der Waals surface area contributed by atoms with Gasteiger partial charge in [0.25, 0.3) is 5.92 Å². The van der Waals surface area contributed by atoms with Crippen molar-refractivity contribution >= 4 is 0 Å². The van der Waals surface area contributed by atoms with Crippen molar-refractivity contribution in [3.05, 3.63) is 0 Å². The summed E-state index contributed by atoms with van der Waals surface area (Å²) >= 11 is 0. The van der Waals surface area contributed by atoms with Gasteiger partial charge in [0.15, 0.2) is 0 Å². The monoisotopic (exact) mass is 218 g/mol. The summed E-state index contributed by atoms with van der Waals surface area (Å²) in [7, 11) is 0. The molecule has 0 aromatic rings. The number of nitrogens with zero attached hydrogens (tertiary/aromatic N) is 1. The fourth-order valence-corrected chi connectivity index (χ4v) is 2.76.